The summed E-state index contributed by atoms with van der Waals surface area (Å²) in [6.45, 7) is 6.99. The Balaban J connectivity index is 2.48. The topological polar surface area (TPSA) is 22.1 Å². The molecule has 1 atom stereocenters. The first-order valence-electron chi connectivity index (χ1n) is 4.78. The molecule has 3 heteroatoms. The number of fused-ring (bicyclic) bond motifs is 1. The number of rotatable bonds is 1. The minimum absolute atomic E-state index is 0.0447. The fourth-order valence-electron chi connectivity index (χ4n) is 1.66. The highest BCUT2D eigenvalue weighted by molar-refractivity contribution is 6.20. The fourth-order valence-corrected chi connectivity index (χ4v) is 1.78. The van der Waals surface area contributed by atoms with E-state index in [2.05, 4.69) is 24.9 Å². The zero-order chi connectivity index (χ0) is 10.3. The molecule has 0 bridgehead atoms. The fraction of sp³-hybridized carbons (Fsp3) is 0.545. The number of nitrogens with zero attached hydrogens (tertiary/aromatic N) is 1. The molecule has 0 amide bonds. The van der Waals surface area contributed by atoms with Crippen LogP contribution in [-0.4, -0.2) is 11.6 Å². The van der Waals surface area contributed by atoms with Gasteiger partial charge in [0.15, 0.2) is 0 Å². The molecule has 0 saturated heterocycles. The van der Waals surface area contributed by atoms with E-state index in [1.165, 1.54) is 5.56 Å². The van der Waals surface area contributed by atoms with Crippen molar-refractivity contribution in [2.75, 3.05) is 6.61 Å². The van der Waals surface area contributed by atoms with Gasteiger partial charge in [0.25, 0.3) is 0 Å². The molecule has 14 heavy (non-hydrogen) atoms. The Morgan fingerprint density at radius 2 is 2.29 bits per heavy atom. The Morgan fingerprint density at radius 1 is 1.57 bits per heavy atom. The second kappa shape index (κ2) is 3.13. The monoisotopic (exact) mass is 211 g/mol. The maximum absolute atomic E-state index is 5.99. The summed E-state index contributed by atoms with van der Waals surface area (Å²) >= 11 is 5.99. The molecule has 1 aliphatic heterocycles. The summed E-state index contributed by atoms with van der Waals surface area (Å²) in [5, 5.41) is -0.0447. The van der Waals surface area contributed by atoms with Gasteiger partial charge in [0, 0.05) is 11.0 Å². The van der Waals surface area contributed by atoms with Crippen LogP contribution in [0.1, 0.15) is 37.4 Å². The van der Waals surface area contributed by atoms with E-state index in [9.17, 15) is 0 Å². The summed E-state index contributed by atoms with van der Waals surface area (Å²) in [6.07, 6.45) is 1.78. The molecule has 0 radical (unpaired) electrons. The SMILES string of the molecule is CC(Cl)c1cc2c(cn1)OCC2(C)C. The van der Waals surface area contributed by atoms with E-state index in [0.717, 1.165) is 18.1 Å². The highest BCUT2D eigenvalue weighted by Gasteiger charge is 2.32. The van der Waals surface area contributed by atoms with Gasteiger partial charge in [0.2, 0.25) is 0 Å². The molecule has 1 aromatic rings. The average molecular weight is 212 g/mol. The number of hydrogen-bond donors (Lipinski definition) is 0. The molecule has 1 aromatic heterocycles. The van der Waals surface area contributed by atoms with Crippen LogP contribution in [0.3, 0.4) is 0 Å². The third-order valence-corrected chi connectivity index (χ3v) is 2.84. The number of ether oxygens (including phenoxy) is 1. The first kappa shape index (κ1) is 9.78. The lowest BCUT2D eigenvalue weighted by atomic mass is 9.87. The van der Waals surface area contributed by atoms with Crippen molar-refractivity contribution in [1.29, 1.82) is 0 Å². The van der Waals surface area contributed by atoms with Crippen LogP contribution < -0.4 is 4.74 Å². The molecule has 0 aliphatic carbocycles. The van der Waals surface area contributed by atoms with Gasteiger partial charge < -0.3 is 4.74 Å². The normalized spacial score (nSPS) is 20.0. The van der Waals surface area contributed by atoms with Crippen LogP contribution in [0, 0.1) is 0 Å². The van der Waals surface area contributed by atoms with Crippen LogP contribution in [0.4, 0.5) is 0 Å². The Bertz CT molecular complexity index is 360. The van der Waals surface area contributed by atoms with Gasteiger partial charge in [-0.25, -0.2) is 0 Å². The van der Waals surface area contributed by atoms with Gasteiger partial charge in [-0.1, -0.05) is 13.8 Å². The Labute approximate surface area is 89.3 Å². The van der Waals surface area contributed by atoms with Crippen molar-refractivity contribution in [3.8, 4) is 5.75 Å². The average Bonchev–Trinajstić information content (AvgIpc) is 2.42. The standard InChI is InChI=1S/C11H14ClNO/c1-7(12)9-4-8-10(5-13-9)14-6-11(8,2)3/h4-5,7H,6H2,1-3H3. The van der Waals surface area contributed by atoms with Crippen LogP contribution in [0.25, 0.3) is 0 Å². The predicted octanol–water partition coefficient (Wildman–Crippen LogP) is 3.05. The summed E-state index contributed by atoms with van der Waals surface area (Å²) in [4.78, 5) is 4.26. The van der Waals surface area contributed by atoms with Gasteiger partial charge in [-0.3, -0.25) is 4.98 Å². The van der Waals surface area contributed by atoms with Gasteiger partial charge >= 0.3 is 0 Å². The summed E-state index contributed by atoms with van der Waals surface area (Å²) in [6, 6.07) is 2.06. The van der Waals surface area contributed by atoms with Crippen molar-refractivity contribution >= 4 is 11.6 Å². The second-order valence-electron chi connectivity index (χ2n) is 4.39. The van der Waals surface area contributed by atoms with E-state index in [-0.39, 0.29) is 10.8 Å². The Hall–Kier alpha value is -0.760. The summed E-state index contributed by atoms with van der Waals surface area (Å²) in [5.41, 5.74) is 2.22. The highest BCUT2D eigenvalue weighted by atomic mass is 35.5. The van der Waals surface area contributed by atoms with Crippen LogP contribution in [0.5, 0.6) is 5.75 Å². The first-order chi connectivity index (χ1) is 6.50. The summed E-state index contributed by atoms with van der Waals surface area (Å²) < 4.78 is 5.54. The molecule has 2 nitrogen and oxygen atoms in total. The molecule has 76 valence electrons. The quantitative estimate of drug-likeness (QED) is 0.667. The number of alkyl halides is 1. The maximum atomic E-state index is 5.99. The highest BCUT2D eigenvalue weighted by Crippen LogP contribution is 2.39. The lowest BCUT2D eigenvalue weighted by Crippen LogP contribution is -2.18. The van der Waals surface area contributed by atoms with Crippen LogP contribution >= 0.6 is 11.6 Å². The van der Waals surface area contributed by atoms with Gasteiger partial charge in [-0.15, -0.1) is 11.6 Å². The molecule has 1 unspecified atom stereocenters. The molecule has 2 rings (SSSR count). The van der Waals surface area contributed by atoms with Gasteiger partial charge in [0.1, 0.15) is 5.75 Å². The molecule has 0 fully saturated rings. The number of pyridine rings is 1. The van der Waals surface area contributed by atoms with Crippen molar-refractivity contribution in [2.24, 2.45) is 0 Å². The van der Waals surface area contributed by atoms with Crippen LogP contribution in [0.15, 0.2) is 12.3 Å². The summed E-state index contributed by atoms with van der Waals surface area (Å²) in [7, 11) is 0. The lowest BCUT2D eigenvalue weighted by molar-refractivity contribution is 0.290. The molecule has 0 aromatic carbocycles. The third kappa shape index (κ3) is 1.48. The Morgan fingerprint density at radius 3 is 2.93 bits per heavy atom. The van der Waals surface area contributed by atoms with Crippen molar-refractivity contribution in [3.63, 3.8) is 0 Å². The van der Waals surface area contributed by atoms with E-state index in [0.29, 0.717) is 0 Å². The zero-order valence-corrected chi connectivity index (χ0v) is 9.43. The maximum Gasteiger partial charge on any atom is 0.141 e. The predicted molar refractivity (Wildman–Crippen MR) is 57.0 cm³/mol. The van der Waals surface area contributed by atoms with Gasteiger partial charge in [0.05, 0.1) is 23.9 Å². The number of aromatic nitrogens is 1. The molecule has 0 N–H and O–H groups in total. The largest absolute Gasteiger partial charge is 0.491 e. The van der Waals surface area contributed by atoms with E-state index in [1.807, 2.05) is 6.92 Å². The molecule has 0 spiro atoms. The third-order valence-electron chi connectivity index (χ3n) is 2.61. The molecular weight excluding hydrogens is 198 g/mol. The van der Waals surface area contributed by atoms with Gasteiger partial charge in [-0.2, -0.15) is 0 Å². The molecule has 2 heterocycles. The second-order valence-corrected chi connectivity index (χ2v) is 5.05. The smallest absolute Gasteiger partial charge is 0.141 e. The van der Waals surface area contributed by atoms with E-state index >= 15 is 0 Å². The molecule has 1 aliphatic rings. The summed E-state index contributed by atoms with van der Waals surface area (Å²) in [5.74, 6) is 0.899. The van der Waals surface area contributed by atoms with E-state index in [1.54, 1.807) is 6.20 Å². The van der Waals surface area contributed by atoms with Crippen LogP contribution in [0.2, 0.25) is 0 Å². The molecular formula is C11H14ClNO. The van der Waals surface area contributed by atoms with Crippen molar-refractivity contribution in [2.45, 2.75) is 31.6 Å². The first-order valence-corrected chi connectivity index (χ1v) is 5.21. The van der Waals surface area contributed by atoms with E-state index in [4.69, 9.17) is 16.3 Å². The van der Waals surface area contributed by atoms with Crippen molar-refractivity contribution < 1.29 is 4.74 Å². The minimum atomic E-state index is -0.0447. The van der Waals surface area contributed by atoms with Gasteiger partial charge in [-0.05, 0) is 13.0 Å². The number of hydrogen-bond acceptors (Lipinski definition) is 2. The van der Waals surface area contributed by atoms with Crippen molar-refractivity contribution in [1.82, 2.24) is 4.98 Å². The van der Waals surface area contributed by atoms with E-state index < -0.39 is 0 Å². The minimum Gasteiger partial charge on any atom is -0.491 e. The molecule has 0 saturated carbocycles. The van der Waals surface area contributed by atoms with Crippen LogP contribution in [-0.2, 0) is 5.41 Å². The van der Waals surface area contributed by atoms with Crippen molar-refractivity contribution in [3.05, 3.63) is 23.5 Å². The Kier molecular flexibility index (Phi) is 2.18. The zero-order valence-electron chi connectivity index (χ0n) is 8.67. The number of halogens is 1. The lowest BCUT2D eigenvalue weighted by Gasteiger charge is -2.15.